The van der Waals surface area contributed by atoms with Crippen LogP contribution in [0.5, 0.6) is 0 Å². The lowest BCUT2D eigenvalue weighted by Crippen LogP contribution is -2.17. The van der Waals surface area contributed by atoms with Crippen LogP contribution in [0.4, 0.5) is 0 Å². The summed E-state index contributed by atoms with van der Waals surface area (Å²) in [5.74, 6) is 0.514. The quantitative estimate of drug-likeness (QED) is 0.883. The van der Waals surface area contributed by atoms with E-state index < -0.39 is 10.8 Å². The molecule has 16 heavy (non-hydrogen) atoms. The van der Waals surface area contributed by atoms with Gasteiger partial charge >= 0.3 is 0 Å². The van der Waals surface area contributed by atoms with Gasteiger partial charge < -0.3 is 5.73 Å². The molecule has 0 amide bonds. The van der Waals surface area contributed by atoms with Crippen LogP contribution < -0.4 is 5.73 Å². The summed E-state index contributed by atoms with van der Waals surface area (Å²) in [6.07, 6.45) is 0.788. The molecule has 0 fully saturated rings. The van der Waals surface area contributed by atoms with Gasteiger partial charge in [0.25, 0.3) is 0 Å². The molecule has 2 N–H and O–H groups in total. The number of halogens is 1. The van der Waals surface area contributed by atoms with Crippen molar-refractivity contribution in [1.29, 1.82) is 0 Å². The molecule has 0 aliphatic rings. The van der Waals surface area contributed by atoms with Crippen molar-refractivity contribution in [2.24, 2.45) is 5.73 Å². The fourth-order valence-corrected chi connectivity index (χ4v) is 3.05. The van der Waals surface area contributed by atoms with Gasteiger partial charge in [-0.3, -0.25) is 4.21 Å². The van der Waals surface area contributed by atoms with Crippen LogP contribution in [0.2, 0.25) is 5.02 Å². The van der Waals surface area contributed by atoms with Gasteiger partial charge in [-0.1, -0.05) is 30.7 Å². The van der Waals surface area contributed by atoms with Crippen molar-refractivity contribution >= 4 is 22.4 Å². The molecule has 2 unspecified atom stereocenters. The highest BCUT2D eigenvalue weighted by molar-refractivity contribution is 7.84. The van der Waals surface area contributed by atoms with E-state index >= 15 is 0 Å². The molecule has 90 valence electrons. The number of aryl methyl sites for hydroxylation is 1. The van der Waals surface area contributed by atoms with Gasteiger partial charge in [0.15, 0.2) is 0 Å². The Balaban J connectivity index is 2.69. The summed E-state index contributed by atoms with van der Waals surface area (Å²) in [6, 6.07) is 5.85. The summed E-state index contributed by atoms with van der Waals surface area (Å²) in [6.45, 7) is 4.53. The summed E-state index contributed by atoms with van der Waals surface area (Å²) >= 11 is 6.10. The minimum atomic E-state index is -0.897. The summed E-state index contributed by atoms with van der Waals surface area (Å²) in [5.41, 5.74) is 7.52. The molecule has 2 nitrogen and oxygen atoms in total. The number of hydrogen-bond donors (Lipinski definition) is 1. The van der Waals surface area contributed by atoms with E-state index in [9.17, 15) is 4.21 Å². The van der Waals surface area contributed by atoms with E-state index in [1.807, 2.05) is 32.0 Å². The predicted molar refractivity (Wildman–Crippen MR) is 71.2 cm³/mol. The van der Waals surface area contributed by atoms with Crippen LogP contribution in [0.25, 0.3) is 0 Å². The smallest absolute Gasteiger partial charge is 0.0503 e. The molecule has 1 aromatic carbocycles. The maximum Gasteiger partial charge on any atom is 0.0503 e. The van der Waals surface area contributed by atoms with Gasteiger partial charge in [0.1, 0.15) is 0 Å². The highest BCUT2D eigenvalue weighted by Gasteiger charge is 2.12. The molecule has 0 heterocycles. The molecule has 1 rings (SSSR count). The fourth-order valence-electron chi connectivity index (χ4n) is 1.43. The summed E-state index contributed by atoms with van der Waals surface area (Å²) < 4.78 is 11.9. The van der Waals surface area contributed by atoms with Crippen LogP contribution in [0, 0.1) is 6.92 Å². The first-order valence-electron chi connectivity index (χ1n) is 5.37. The number of hydrogen-bond acceptors (Lipinski definition) is 2. The van der Waals surface area contributed by atoms with E-state index in [2.05, 4.69) is 0 Å². The molecule has 0 bridgehead atoms. The minimum Gasteiger partial charge on any atom is -0.330 e. The molecule has 0 aromatic heterocycles. The third-order valence-electron chi connectivity index (χ3n) is 2.53. The molecule has 0 saturated carbocycles. The lowest BCUT2D eigenvalue weighted by atomic mass is 10.2. The zero-order valence-electron chi connectivity index (χ0n) is 9.70. The van der Waals surface area contributed by atoms with Crippen LogP contribution in [0.1, 0.15) is 24.5 Å². The topological polar surface area (TPSA) is 43.1 Å². The van der Waals surface area contributed by atoms with E-state index in [0.29, 0.717) is 17.3 Å². The molecule has 2 atom stereocenters. The Hall–Kier alpha value is -0.380. The number of rotatable bonds is 5. The van der Waals surface area contributed by atoms with Gasteiger partial charge in [-0.15, -0.1) is 0 Å². The molecule has 0 aliphatic carbocycles. The van der Waals surface area contributed by atoms with E-state index in [0.717, 1.165) is 17.5 Å². The predicted octanol–water partition coefficient (Wildman–Crippen LogP) is 2.63. The Morgan fingerprint density at radius 2 is 2.19 bits per heavy atom. The van der Waals surface area contributed by atoms with E-state index in [-0.39, 0.29) is 5.25 Å². The Kier molecular flexibility index (Phi) is 5.46. The van der Waals surface area contributed by atoms with E-state index in [1.165, 1.54) is 0 Å². The molecule has 0 spiro atoms. The van der Waals surface area contributed by atoms with Crippen LogP contribution in [-0.2, 0) is 16.6 Å². The van der Waals surface area contributed by atoms with Gasteiger partial charge in [0.05, 0.1) is 5.75 Å². The normalized spacial score (nSPS) is 14.8. The Morgan fingerprint density at radius 1 is 1.50 bits per heavy atom. The van der Waals surface area contributed by atoms with Crippen molar-refractivity contribution in [3.63, 3.8) is 0 Å². The van der Waals surface area contributed by atoms with Crippen molar-refractivity contribution < 1.29 is 4.21 Å². The number of benzene rings is 1. The second kappa shape index (κ2) is 6.38. The van der Waals surface area contributed by atoms with Gasteiger partial charge in [0.2, 0.25) is 0 Å². The van der Waals surface area contributed by atoms with Crippen LogP contribution in [0.15, 0.2) is 18.2 Å². The first-order valence-corrected chi connectivity index (χ1v) is 7.13. The largest absolute Gasteiger partial charge is 0.330 e. The van der Waals surface area contributed by atoms with Gasteiger partial charge in [-0.05, 0) is 37.1 Å². The Morgan fingerprint density at radius 3 is 2.75 bits per heavy atom. The van der Waals surface area contributed by atoms with Gasteiger partial charge in [-0.2, -0.15) is 0 Å². The van der Waals surface area contributed by atoms with Crippen molar-refractivity contribution in [3.8, 4) is 0 Å². The SMILES string of the molecule is Cc1ccc(CS(=O)C(C)CCN)c(Cl)c1. The highest BCUT2D eigenvalue weighted by Crippen LogP contribution is 2.20. The molecular weight excluding hydrogens is 242 g/mol. The maximum absolute atomic E-state index is 11.9. The third-order valence-corrected chi connectivity index (χ3v) is 4.61. The maximum atomic E-state index is 11.9. The molecule has 1 aromatic rings. The first-order chi connectivity index (χ1) is 7.54. The fraction of sp³-hybridized carbons (Fsp3) is 0.500. The zero-order chi connectivity index (χ0) is 12.1. The third kappa shape index (κ3) is 3.89. The van der Waals surface area contributed by atoms with Crippen LogP contribution in [0.3, 0.4) is 0 Å². The van der Waals surface area contributed by atoms with Crippen molar-refractivity contribution in [2.75, 3.05) is 6.54 Å². The van der Waals surface area contributed by atoms with Gasteiger partial charge in [-0.25, -0.2) is 0 Å². The molecule has 0 radical (unpaired) electrons. The minimum absolute atomic E-state index is 0.127. The van der Waals surface area contributed by atoms with Gasteiger partial charge in [0, 0.05) is 21.1 Å². The average molecular weight is 260 g/mol. The standard InChI is InChI=1S/C12H18ClNOS/c1-9-3-4-11(12(13)7-9)8-16(15)10(2)5-6-14/h3-4,7,10H,5-6,8,14H2,1-2H3. The molecule has 0 saturated heterocycles. The first kappa shape index (κ1) is 13.7. The second-order valence-corrected chi connectivity index (χ2v) is 6.27. The lowest BCUT2D eigenvalue weighted by Gasteiger charge is -2.11. The average Bonchev–Trinajstić information content (AvgIpc) is 2.22. The molecule has 4 heteroatoms. The van der Waals surface area contributed by atoms with Crippen molar-refractivity contribution in [2.45, 2.75) is 31.3 Å². The molecule has 0 aliphatic heterocycles. The zero-order valence-corrected chi connectivity index (χ0v) is 11.3. The summed E-state index contributed by atoms with van der Waals surface area (Å²) in [4.78, 5) is 0. The van der Waals surface area contributed by atoms with Crippen molar-refractivity contribution in [3.05, 3.63) is 34.3 Å². The summed E-state index contributed by atoms with van der Waals surface area (Å²) in [5, 5.41) is 0.829. The van der Waals surface area contributed by atoms with E-state index in [1.54, 1.807) is 0 Å². The number of nitrogens with two attached hydrogens (primary N) is 1. The van der Waals surface area contributed by atoms with Crippen LogP contribution >= 0.6 is 11.6 Å². The molecular formula is C12H18ClNOS. The Bertz CT molecular complexity index is 381. The highest BCUT2D eigenvalue weighted by atomic mass is 35.5. The summed E-state index contributed by atoms with van der Waals surface area (Å²) in [7, 11) is -0.897. The second-order valence-electron chi connectivity index (χ2n) is 4.01. The van der Waals surface area contributed by atoms with Crippen molar-refractivity contribution in [1.82, 2.24) is 0 Å². The monoisotopic (exact) mass is 259 g/mol. The Labute approximate surface area is 105 Å². The van der Waals surface area contributed by atoms with Crippen LogP contribution in [-0.4, -0.2) is 16.0 Å². The lowest BCUT2D eigenvalue weighted by molar-refractivity contribution is 0.665. The van der Waals surface area contributed by atoms with E-state index in [4.69, 9.17) is 17.3 Å².